The molecule has 0 aliphatic rings. The fourth-order valence-electron chi connectivity index (χ4n) is 1.34. The van der Waals surface area contributed by atoms with E-state index >= 15 is 0 Å². The summed E-state index contributed by atoms with van der Waals surface area (Å²) >= 11 is 6.65. The number of benzene rings is 2. The second-order valence-electron chi connectivity index (χ2n) is 3.56. The Morgan fingerprint density at radius 2 is 1.78 bits per heavy atom. The molecule has 0 saturated carbocycles. The molecule has 0 spiro atoms. The maximum atomic E-state index is 9.59. The van der Waals surface area contributed by atoms with Crippen LogP contribution in [0.3, 0.4) is 0 Å². The molecule has 2 N–H and O–H groups in total. The van der Waals surface area contributed by atoms with Gasteiger partial charge in [0.2, 0.25) is 0 Å². The SMILES string of the molecule is Oc1cc(C=NNc2ccccc2)c(Br)cc1Br. The van der Waals surface area contributed by atoms with Crippen LogP contribution >= 0.6 is 31.9 Å². The Hall–Kier alpha value is -1.33. The summed E-state index contributed by atoms with van der Waals surface area (Å²) in [5.74, 6) is 0.180. The molecular weight excluding hydrogens is 360 g/mol. The molecule has 0 heterocycles. The van der Waals surface area contributed by atoms with Gasteiger partial charge in [-0.3, -0.25) is 5.43 Å². The zero-order valence-corrected chi connectivity index (χ0v) is 12.4. The molecule has 0 saturated heterocycles. The summed E-state index contributed by atoms with van der Waals surface area (Å²) in [6.07, 6.45) is 1.64. The van der Waals surface area contributed by atoms with Gasteiger partial charge < -0.3 is 5.11 Å². The Morgan fingerprint density at radius 3 is 2.50 bits per heavy atom. The van der Waals surface area contributed by atoms with E-state index in [4.69, 9.17) is 0 Å². The third-order valence-corrected chi connectivity index (χ3v) is 3.56. The number of para-hydroxylation sites is 1. The van der Waals surface area contributed by atoms with Gasteiger partial charge in [-0.25, -0.2) is 0 Å². The first-order chi connectivity index (χ1) is 8.66. The summed E-state index contributed by atoms with van der Waals surface area (Å²) in [6, 6.07) is 13.1. The van der Waals surface area contributed by atoms with E-state index in [0.29, 0.717) is 4.47 Å². The normalized spacial score (nSPS) is 10.8. The summed E-state index contributed by atoms with van der Waals surface area (Å²) in [4.78, 5) is 0. The van der Waals surface area contributed by atoms with E-state index in [2.05, 4.69) is 42.4 Å². The van der Waals surface area contributed by atoms with Gasteiger partial charge in [-0.1, -0.05) is 34.1 Å². The Balaban J connectivity index is 2.12. The molecule has 0 bridgehead atoms. The number of hydrogen-bond acceptors (Lipinski definition) is 3. The molecule has 0 atom stereocenters. The number of phenols is 1. The number of nitrogens with one attached hydrogen (secondary N) is 1. The average Bonchev–Trinajstić information content (AvgIpc) is 2.37. The van der Waals surface area contributed by atoms with Gasteiger partial charge in [0.15, 0.2) is 0 Å². The van der Waals surface area contributed by atoms with Crippen LogP contribution in [-0.2, 0) is 0 Å². The first-order valence-corrected chi connectivity index (χ1v) is 6.77. The summed E-state index contributed by atoms with van der Waals surface area (Å²) in [6.45, 7) is 0. The fourth-order valence-corrected chi connectivity index (χ4v) is 2.44. The van der Waals surface area contributed by atoms with Crippen molar-refractivity contribution in [2.24, 2.45) is 5.10 Å². The Labute approximate surface area is 122 Å². The topological polar surface area (TPSA) is 44.6 Å². The van der Waals surface area contributed by atoms with Gasteiger partial charge in [-0.15, -0.1) is 0 Å². The van der Waals surface area contributed by atoms with Crippen molar-refractivity contribution in [1.82, 2.24) is 0 Å². The summed E-state index contributed by atoms with van der Waals surface area (Å²) < 4.78 is 1.49. The molecule has 5 heteroatoms. The molecule has 0 aliphatic heterocycles. The largest absolute Gasteiger partial charge is 0.507 e. The van der Waals surface area contributed by atoms with E-state index in [0.717, 1.165) is 15.7 Å². The highest BCUT2D eigenvalue weighted by Gasteiger charge is 2.03. The van der Waals surface area contributed by atoms with Gasteiger partial charge in [0.05, 0.1) is 16.4 Å². The summed E-state index contributed by atoms with van der Waals surface area (Å²) in [5, 5.41) is 13.7. The summed E-state index contributed by atoms with van der Waals surface area (Å²) in [5.41, 5.74) is 4.61. The molecule has 0 fully saturated rings. The molecule has 3 nitrogen and oxygen atoms in total. The fraction of sp³-hybridized carbons (Fsp3) is 0. The molecule has 0 amide bonds. The minimum absolute atomic E-state index is 0.180. The predicted molar refractivity (Wildman–Crippen MR) is 81.2 cm³/mol. The van der Waals surface area contributed by atoms with Crippen molar-refractivity contribution in [3.8, 4) is 5.75 Å². The highest BCUT2D eigenvalue weighted by molar-refractivity contribution is 9.11. The van der Waals surface area contributed by atoms with E-state index in [1.165, 1.54) is 0 Å². The van der Waals surface area contributed by atoms with Crippen LogP contribution in [0.1, 0.15) is 5.56 Å². The lowest BCUT2D eigenvalue weighted by Crippen LogP contribution is -1.91. The maximum absolute atomic E-state index is 9.59. The van der Waals surface area contributed by atoms with Crippen molar-refractivity contribution in [3.63, 3.8) is 0 Å². The molecule has 2 aromatic carbocycles. The predicted octanol–water partition coefficient (Wildman–Crippen LogP) is 4.36. The third-order valence-electron chi connectivity index (χ3n) is 2.24. The second kappa shape index (κ2) is 6.02. The quantitative estimate of drug-likeness (QED) is 0.623. The van der Waals surface area contributed by atoms with Gasteiger partial charge >= 0.3 is 0 Å². The molecular formula is C13H10Br2N2O. The zero-order chi connectivity index (χ0) is 13.0. The van der Waals surface area contributed by atoms with Gasteiger partial charge in [-0.05, 0) is 40.2 Å². The standard InChI is InChI=1S/C13H10Br2N2O/c14-11-7-12(15)13(18)6-9(11)8-16-17-10-4-2-1-3-5-10/h1-8,17-18H. The van der Waals surface area contributed by atoms with Crippen molar-refractivity contribution >= 4 is 43.8 Å². The molecule has 2 aromatic rings. The van der Waals surface area contributed by atoms with E-state index < -0.39 is 0 Å². The Morgan fingerprint density at radius 1 is 1.06 bits per heavy atom. The Bertz CT molecular complexity index is 571. The van der Waals surface area contributed by atoms with Gasteiger partial charge in [-0.2, -0.15) is 5.10 Å². The highest BCUT2D eigenvalue weighted by Crippen LogP contribution is 2.29. The minimum atomic E-state index is 0.180. The van der Waals surface area contributed by atoms with Crippen LogP contribution in [0.15, 0.2) is 56.5 Å². The number of phenolic OH excluding ortho intramolecular Hbond substituents is 1. The van der Waals surface area contributed by atoms with E-state index in [9.17, 15) is 5.11 Å². The third kappa shape index (κ3) is 3.34. The van der Waals surface area contributed by atoms with Crippen molar-refractivity contribution in [2.75, 3.05) is 5.43 Å². The Kier molecular flexibility index (Phi) is 4.38. The van der Waals surface area contributed by atoms with Crippen LogP contribution in [0.2, 0.25) is 0 Å². The van der Waals surface area contributed by atoms with E-state index in [1.807, 2.05) is 30.3 Å². The highest BCUT2D eigenvalue weighted by atomic mass is 79.9. The van der Waals surface area contributed by atoms with Crippen LogP contribution in [0, 0.1) is 0 Å². The average molecular weight is 370 g/mol. The molecule has 0 unspecified atom stereocenters. The van der Waals surface area contributed by atoms with Crippen molar-refractivity contribution < 1.29 is 5.11 Å². The molecule has 18 heavy (non-hydrogen) atoms. The van der Waals surface area contributed by atoms with Crippen LogP contribution < -0.4 is 5.43 Å². The number of hydrazone groups is 1. The first kappa shape index (κ1) is 13.1. The van der Waals surface area contributed by atoms with Crippen molar-refractivity contribution in [3.05, 3.63) is 57.0 Å². The number of halogens is 2. The minimum Gasteiger partial charge on any atom is -0.507 e. The van der Waals surface area contributed by atoms with Crippen LogP contribution in [0.5, 0.6) is 5.75 Å². The lowest BCUT2D eigenvalue weighted by molar-refractivity contribution is 0.471. The molecule has 2 rings (SSSR count). The van der Waals surface area contributed by atoms with Crippen molar-refractivity contribution in [1.29, 1.82) is 0 Å². The molecule has 0 radical (unpaired) electrons. The number of nitrogens with zero attached hydrogens (tertiary/aromatic N) is 1. The number of aromatic hydroxyl groups is 1. The van der Waals surface area contributed by atoms with Gasteiger partial charge in [0, 0.05) is 10.0 Å². The number of rotatable bonds is 3. The maximum Gasteiger partial charge on any atom is 0.130 e. The molecule has 92 valence electrons. The van der Waals surface area contributed by atoms with Gasteiger partial charge in [0.1, 0.15) is 5.75 Å². The van der Waals surface area contributed by atoms with Crippen LogP contribution in [0.25, 0.3) is 0 Å². The lowest BCUT2D eigenvalue weighted by atomic mass is 10.2. The van der Waals surface area contributed by atoms with E-state index in [1.54, 1.807) is 18.3 Å². The van der Waals surface area contributed by atoms with E-state index in [-0.39, 0.29) is 5.75 Å². The van der Waals surface area contributed by atoms with Gasteiger partial charge in [0.25, 0.3) is 0 Å². The lowest BCUT2D eigenvalue weighted by Gasteiger charge is -2.03. The van der Waals surface area contributed by atoms with Crippen LogP contribution in [-0.4, -0.2) is 11.3 Å². The van der Waals surface area contributed by atoms with Crippen molar-refractivity contribution in [2.45, 2.75) is 0 Å². The molecule has 0 aliphatic carbocycles. The summed E-state index contributed by atoms with van der Waals surface area (Å²) in [7, 11) is 0. The monoisotopic (exact) mass is 368 g/mol. The second-order valence-corrected chi connectivity index (χ2v) is 5.27. The zero-order valence-electron chi connectivity index (χ0n) is 9.27. The number of anilines is 1. The first-order valence-electron chi connectivity index (χ1n) is 5.19. The molecule has 0 aromatic heterocycles. The van der Waals surface area contributed by atoms with Crippen LogP contribution in [0.4, 0.5) is 5.69 Å². The smallest absolute Gasteiger partial charge is 0.130 e. The number of hydrogen-bond donors (Lipinski definition) is 2.